The summed E-state index contributed by atoms with van der Waals surface area (Å²) >= 11 is 0. The van der Waals surface area contributed by atoms with Crippen molar-refractivity contribution in [1.82, 2.24) is 5.32 Å². The normalized spacial score (nSPS) is 12.3. The maximum atomic E-state index is 12.3. The first-order valence-electron chi connectivity index (χ1n) is 10.1. The highest BCUT2D eigenvalue weighted by molar-refractivity contribution is 7.92. The van der Waals surface area contributed by atoms with Crippen molar-refractivity contribution < 1.29 is 17.9 Å². The zero-order chi connectivity index (χ0) is 22.3. The van der Waals surface area contributed by atoms with Crippen LogP contribution < -0.4 is 14.4 Å². The first-order chi connectivity index (χ1) is 14.1. The number of nitrogens with one attached hydrogen (secondary N) is 1. The number of sulfonamides is 1. The molecule has 0 saturated carbocycles. The maximum Gasteiger partial charge on any atom is 0.232 e. The summed E-state index contributed by atoms with van der Waals surface area (Å²) in [4.78, 5) is 12.3. The Kier molecular flexibility index (Phi) is 8.29. The molecule has 0 aliphatic rings. The molecule has 0 aliphatic carbocycles. The number of nitrogens with zero attached hydrogens (tertiary/aromatic N) is 1. The Bertz CT molecular complexity index is 956. The van der Waals surface area contributed by atoms with Crippen LogP contribution in [0.3, 0.4) is 0 Å². The summed E-state index contributed by atoms with van der Waals surface area (Å²) in [6, 6.07) is 13.2. The van der Waals surface area contributed by atoms with E-state index < -0.39 is 10.0 Å². The molecule has 164 valence electrons. The van der Waals surface area contributed by atoms with Crippen LogP contribution in [0.1, 0.15) is 36.5 Å². The molecule has 0 fully saturated rings. The highest BCUT2D eigenvalue weighted by Gasteiger charge is 2.20. The summed E-state index contributed by atoms with van der Waals surface area (Å²) in [6.07, 6.45) is 1.86. The van der Waals surface area contributed by atoms with E-state index in [-0.39, 0.29) is 24.9 Å². The van der Waals surface area contributed by atoms with Crippen molar-refractivity contribution >= 4 is 21.6 Å². The molecule has 2 aromatic carbocycles. The molecule has 2 aromatic rings. The fraction of sp³-hybridized carbons (Fsp3) is 0.435. The fourth-order valence-corrected chi connectivity index (χ4v) is 4.11. The Morgan fingerprint density at radius 1 is 1.10 bits per heavy atom. The number of rotatable bonds is 10. The van der Waals surface area contributed by atoms with Crippen LogP contribution in [0.25, 0.3) is 0 Å². The van der Waals surface area contributed by atoms with Gasteiger partial charge < -0.3 is 10.1 Å². The predicted molar refractivity (Wildman–Crippen MR) is 122 cm³/mol. The van der Waals surface area contributed by atoms with Crippen LogP contribution in [0.15, 0.2) is 42.5 Å². The van der Waals surface area contributed by atoms with E-state index in [1.165, 1.54) is 10.6 Å². The number of hydrogen-bond donors (Lipinski definition) is 1. The van der Waals surface area contributed by atoms with Crippen molar-refractivity contribution in [2.75, 3.05) is 23.7 Å². The number of ether oxygens (including phenoxy) is 1. The number of carbonyl (C=O) groups excluding carboxylic acids is 1. The number of anilines is 1. The van der Waals surface area contributed by atoms with Crippen LogP contribution in [0.4, 0.5) is 5.69 Å². The van der Waals surface area contributed by atoms with Gasteiger partial charge in [0.25, 0.3) is 0 Å². The Labute approximate surface area is 180 Å². The summed E-state index contributed by atoms with van der Waals surface area (Å²) in [7, 11) is -3.44. The molecule has 0 aliphatic heterocycles. The number of amides is 1. The molecule has 0 radical (unpaired) electrons. The fourth-order valence-electron chi connectivity index (χ4n) is 3.10. The second-order valence-electron chi connectivity index (χ2n) is 7.75. The molecule has 0 spiro atoms. The Morgan fingerprint density at radius 2 is 1.77 bits per heavy atom. The van der Waals surface area contributed by atoms with E-state index in [4.69, 9.17) is 4.74 Å². The van der Waals surface area contributed by atoms with Crippen LogP contribution in [-0.4, -0.2) is 39.8 Å². The van der Waals surface area contributed by atoms with Crippen molar-refractivity contribution in [2.24, 2.45) is 0 Å². The van der Waals surface area contributed by atoms with E-state index in [0.29, 0.717) is 18.7 Å². The molecule has 1 N–H and O–H groups in total. The Balaban J connectivity index is 1.85. The predicted octanol–water partition coefficient (Wildman–Crippen LogP) is 3.74. The molecule has 1 unspecified atom stereocenters. The van der Waals surface area contributed by atoms with Crippen LogP contribution in [0, 0.1) is 20.8 Å². The third-order valence-corrected chi connectivity index (χ3v) is 6.12. The monoisotopic (exact) mass is 432 g/mol. The number of carbonyl (C=O) groups is 1. The van der Waals surface area contributed by atoms with Crippen molar-refractivity contribution in [3.63, 3.8) is 0 Å². The van der Waals surface area contributed by atoms with Gasteiger partial charge in [0.15, 0.2) is 0 Å². The van der Waals surface area contributed by atoms with Crippen LogP contribution >= 0.6 is 0 Å². The summed E-state index contributed by atoms with van der Waals surface area (Å²) in [5.41, 5.74) is 3.78. The molecule has 0 saturated heterocycles. The van der Waals surface area contributed by atoms with Gasteiger partial charge in [-0.2, -0.15) is 0 Å². The van der Waals surface area contributed by atoms with E-state index >= 15 is 0 Å². The van der Waals surface area contributed by atoms with Gasteiger partial charge in [0, 0.05) is 13.0 Å². The van der Waals surface area contributed by atoms with Crippen molar-refractivity contribution in [3.8, 4) is 5.75 Å². The average molecular weight is 433 g/mol. The lowest BCUT2D eigenvalue weighted by Gasteiger charge is -2.25. The standard InChI is InChI=1S/C23H32N2O4S/c1-17-11-13-21(14-12-17)29-16-19(3)24-23(26)10-7-15-25(30(5,27)28)22-9-6-8-18(2)20(22)4/h6,8-9,11-14,19H,7,10,15-16H2,1-5H3,(H,24,26). The van der Waals surface area contributed by atoms with Gasteiger partial charge in [-0.15, -0.1) is 0 Å². The summed E-state index contributed by atoms with van der Waals surface area (Å²) in [5, 5.41) is 2.90. The van der Waals surface area contributed by atoms with Gasteiger partial charge in [-0.3, -0.25) is 9.10 Å². The molecular weight excluding hydrogens is 400 g/mol. The lowest BCUT2D eigenvalue weighted by molar-refractivity contribution is -0.121. The second-order valence-corrected chi connectivity index (χ2v) is 9.66. The second kappa shape index (κ2) is 10.5. The third kappa shape index (κ3) is 7.06. The molecule has 0 bridgehead atoms. The van der Waals surface area contributed by atoms with Gasteiger partial charge >= 0.3 is 0 Å². The molecule has 30 heavy (non-hydrogen) atoms. The molecular formula is C23H32N2O4S. The minimum absolute atomic E-state index is 0.121. The molecule has 6 nitrogen and oxygen atoms in total. The maximum absolute atomic E-state index is 12.3. The molecule has 2 rings (SSSR count). The van der Waals surface area contributed by atoms with E-state index in [0.717, 1.165) is 22.4 Å². The van der Waals surface area contributed by atoms with E-state index in [2.05, 4.69) is 5.32 Å². The van der Waals surface area contributed by atoms with Crippen molar-refractivity contribution in [1.29, 1.82) is 0 Å². The lowest BCUT2D eigenvalue weighted by atomic mass is 10.1. The van der Waals surface area contributed by atoms with Gasteiger partial charge in [-0.05, 0) is 63.4 Å². The largest absolute Gasteiger partial charge is 0.491 e. The first-order valence-corrected chi connectivity index (χ1v) is 12.0. The summed E-state index contributed by atoms with van der Waals surface area (Å²) in [5.74, 6) is 0.642. The van der Waals surface area contributed by atoms with Gasteiger partial charge in [-0.1, -0.05) is 29.8 Å². The number of benzene rings is 2. The van der Waals surface area contributed by atoms with Crippen LogP contribution in [0.5, 0.6) is 5.75 Å². The zero-order valence-corrected chi connectivity index (χ0v) is 19.3. The van der Waals surface area contributed by atoms with E-state index in [1.54, 1.807) is 6.07 Å². The lowest BCUT2D eigenvalue weighted by Crippen LogP contribution is -2.37. The average Bonchev–Trinajstić information content (AvgIpc) is 2.66. The minimum atomic E-state index is -3.44. The quantitative estimate of drug-likeness (QED) is 0.621. The van der Waals surface area contributed by atoms with Crippen LogP contribution in [0.2, 0.25) is 0 Å². The van der Waals surface area contributed by atoms with E-state index in [1.807, 2.05) is 64.1 Å². The van der Waals surface area contributed by atoms with Gasteiger partial charge in [0.2, 0.25) is 15.9 Å². The minimum Gasteiger partial charge on any atom is -0.491 e. The van der Waals surface area contributed by atoms with Crippen molar-refractivity contribution in [2.45, 2.75) is 46.6 Å². The number of aryl methyl sites for hydroxylation is 2. The Morgan fingerprint density at radius 3 is 2.40 bits per heavy atom. The van der Waals surface area contributed by atoms with Gasteiger partial charge in [-0.25, -0.2) is 8.42 Å². The van der Waals surface area contributed by atoms with Gasteiger partial charge in [0.05, 0.1) is 18.0 Å². The van der Waals surface area contributed by atoms with E-state index in [9.17, 15) is 13.2 Å². The zero-order valence-electron chi connectivity index (χ0n) is 18.4. The SMILES string of the molecule is Cc1ccc(OCC(C)NC(=O)CCCN(c2cccc(C)c2C)S(C)(=O)=O)cc1. The Hall–Kier alpha value is -2.54. The molecule has 1 atom stereocenters. The molecule has 7 heteroatoms. The van der Waals surface area contributed by atoms with Gasteiger partial charge in [0.1, 0.15) is 12.4 Å². The van der Waals surface area contributed by atoms with Crippen molar-refractivity contribution in [3.05, 3.63) is 59.2 Å². The summed E-state index contributed by atoms with van der Waals surface area (Å²) < 4.78 is 31.7. The highest BCUT2D eigenvalue weighted by atomic mass is 32.2. The van der Waals surface area contributed by atoms with Crippen LogP contribution in [-0.2, 0) is 14.8 Å². The first kappa shape index (κ1) is 23.7. The highest BCUT2D eigenvalue weighted by Crippen LogP contribution is 2.25. The smallest absolute Gasteiger partial charge is 0.232 e. The third-order valence-electron chi connectivity index (χ3n) is 4.94. The number of hydrogen-bond acceptors (Lipinski definition) is 4. The molecule has 0 aromatic heterocycles. The molecule has 0 heterocycles. The molecule has 1 amide bonds. The topological polar surface area (TPSA) is 75.7 Å². The summed E-state index contributed by atoms with van der Waals surface area (Å²) in [6.45, 7) is 8.37.